The first kappa shape index (κ1) is 19.9. The molecule has 32 heavy (non-hydrogen) atoms. The highest BCUT2D eigenvalue weighted by molar-refractivity contribution is 5.98. The smallest absolute Gasteiger partial charge is 0.247 e. The van der Waals surface area contributed by atoms with Crippen LogP contribution in [0.3, 0.4) is 0 Å². The molecule has 4 nitrogen and oxygen atoms in total. The second-order valence-electron chi connectivity index (χ2n) is 13.2. The predicted molar refractivity (Wildman–Crippen MR) is 123 cm³/mol. The van der Waals surface area contributed by atoms with E-state index >= 15 is 0 Å². The average molecular weight is 435 g/mol. The molecular formula is C28H38N2O2. The molecule has 8 saturated carbocycles. The molecule has 8 fully saturated rings. The molecule has 0 heterocycles. The van der Waals surface area contributed by atoms with Crippen LogP contribution in [0.2, 0.25) is 0 Å². The fourth-order valence-corrected chi connectivity index (χ4v) is 10.2. The van der Waals surface area contributed by atoms with Crippen molar-refractivity contribution in [2.24, 2.45) is 35.5 Å². The van der Waals surface area contributed by atoms with Gasteiger partial charge in [0.25, 0.3) is 0 Å². The van der Waals surface area contributed by atoms with E-state index in [0.29, 0.717) is 12.8 Å². The molecule has 0 radical (unpaired) electrons. The maximum Gasteiger partial charge on any atom is 0.247 e. The minimum absolute atomic E-state index is 0.0621. The van der Waals surface area contributed by atoms with Gasteiger partial charge in [-0.25, -0.2) is 0 Å². The van der Waals surface area contributed by atoms with E-state index in [9.17, 15) is 9.59 Å². The monoisotopic (exact) mass is 434 g/mol. The van der Waals surface area contributed by atoms with Gasteiger partial charge in [-0.3, -0.25) is 9.59 Å². The fraction of sp³-hybridized carbons (Fsp3) is 0.786. The van der Waals surface area contributed by atoms with Crippen LogP contribution in [0.5, 0.6) is 0 Å². The molecule has 0 saturated heterocycles. The van der Waals surface area contributed by atoms with Crippen molar-refractivity contribution < 1.29 is 9.59 Å². The fourth-order valence-electron chi connectivity index (χ4n) is 10.2. The Hall–Kier alpha value is -1.58. The predicted octanol–water partition coefficient (Wildman–Crippen LogP) is 4.80. The molecule has 4 heteroatoms. The topological polar surface area (TPSA) is 58.2 Å². The lowest BCUT2D eigenvalue weighted by atomic mass is 9.53. The molecule has 0 aliphatic heterocycles. The molecular weight excluding hydrogens is 396 g/mol. The van der Waals surface area contributed by atoms with Crippen LogP contribution in [-0.4, -0.2) is 22.9 Å². The van der Waals surface area contributed by atoms with Gasteiger partial charge in [0.15, 0.2) is 0 Å². The van der Waals surface area contributed by atoms with Crippen molar-refractivity contribution in [1.29, 1.82) is 0 Å². The molecule has 2 N–H and O–H groups in total. The van der Waals surface area contributed by atoms with E-state index in [0.717, 1.165) is 46.7 Å². The van der Waals surface area contributed by atoms with Crippen LogP contribution in [0.4, 0.5) is 0 Å². The molecule has 172 valence electrons. The van der Waals surface area contributed by atoms with Gasteiger partial charge in [0.1, 0.15) is 0 Å². The number of hydrogen-bond acceptors (Lipinski definition) is 2. The van der Waals surface area contributed by atoms with Gasteiger partial charge in [-0.15, -0.1) is 0 Å². The molecule has 9 rings (SSSR count). The van der Waals surface area contributed by atoms with Crippen LogP contribution in [0.15, 0.2) is 23.3 Å². The summed E-state index contributed by atoms with van der Waals surface area (Å²) in [7, 11) is 0. The van der Waals surface area contributed by atoms with Gasteiger partial charge in [0, 0.05) is 22.2 Å². The highest BCUT2D eigenvalue weighted by atomic mass is 16.2. The second-order valence-corrected chi connectivity index (χ2v) is 13.2. The first-order valence-electron chi connectivity index (χ1n) is 13.5. The van der Waals surface area contributed by atoms with Crippen LogP contribution >= 0.6 is 0 Å². The lowest BCUT2D eigenvalue weighted by molar-refractivity contribution is -0.124. The van der Waals surface area contributed by atoms with Crippen LogP contribution < -0.4 is 10.6 Å². The van der Waals surface area contributed by atoms with Gasteiger partial charge < -0.3 is 10.6 Å². The maximum atomic E-state index is 13.1. The van der Waals surface area contributed by atoms with Crippen molar-refractivity contribution in [1.82, 2.24) is 10.6 Å². The van der Waals surface area contributed by atoms with Crippen LogP contribution in [0.25, 0.3) is 0 Å². The molecule has 8 bridgehead atoms. The number of amides is 2. The molecule has 0 aromatic carbocycles. The van der Waals surface area contributed by atoms with Crippen molar-refractivity contribution in [3.8, 4) is 0 Å². The zero-order valence-corrected chi connectivity index (χ0v) is 19.3. The molecule has 0 unspecified atom stereocenters. The zero-order chi connectivity index (χ0) is 21.5. The number of rotatable bonds is 4. The van der Waals surface area contributed by atoms with Crippen molar-refractivity contribution in [2.45, 2.75) is 101 Å². The van der Waals surface area contributed by atoms with Crippen molar-refractivity contribution in [3.05, 3.63) is 23.3 Å². The summed E-state index contributed by atoms with van der Waals surface area (Å²) in [6, 6.07) is 0. The summed E-state index contributed by atoms with van der Waals surface area (Å²) in [4.78, 5) is 26.3. The van der Waals surface area contributed by atoms with E-state index in [2.05, 4.69) is 10.6 Å². The average Bonchev–Trinajstić information content (AvgIpc) is 2.71. The number of carbonyl (C=O) groups is 2. The van der Waals surface area contributed by atoms with Gasteiger partial charge in [-0.1, -0.05) is 12.2 Å². The Morgan fingerprint density at radius 3 is 1.09 bits per heavy atom. The van der Waals surface area contributed by atoms with E-state index in [1.54, 1.807) is 0 Å². The Morgan fingerprint density at radius 1 is 0.562 bits per heavy atom. The molecule has 0 aromatic rings. The summed E-state index contributed by atoms with van der Waals surface area (Å²) in [5.74, 6) is 5.27. The van der Waals surface area contributed by atoms with E-state index in [-0.39, 0.29) is 22.9 Å². The minimum Gasteiger partial charge on any atom is -0.347 e. The Bertz CT molecular complexity index is 768. The third-order valence-electron chi connectivity index (χ3n) is 10.6. The number of allylic oxidation sites excluding steroid dienone is 2. The Morgan fingerprint density at radius 2 is 0.844 bits per heavy atom. The molecule has 9 aliphatic rings. The molecule has 9 aliphatic carbocycles. The third-order valence-corrected chi connectivity index (χ3v) is 10.6. The molecule has 0 atom stereocenters. The van der Waals surface area contributed by atoms with E-state index < -0.39 is 0 Å². The molecule has 0 aromatic heterocycles. The minimum atomic E-state index is 0.0621. The quantitative estimate of drug-likeness (QED) is 0.668. The lowest BCUT2D eigenvalue weighted by Gasteiger charge is -2.57. The lowest BCUT2D eigenvalue weighted by Crippen LogP contribution is -2.60. The van der Waals surface area contributed by atoms with Crippen LogP contribution in [0.1, 0.15) is 89.9 Å². The SMILES string of the molecule is O=C(NC12CC3CC(CC(C3)C1)C2)C1=CC=C(C(=O)NC23CC4CC(CC(C4)C2)C3)CC1. The number of nitrogens with one attached hydrogen (secondary N) is 2. The van der Waals surface area contributed by atoms with Crippen molar-refractivity contribution >= 4 is 11.8 Å². The summed E-state index contributed by atoms with van der Waals surface area (Å²) in [5.41, 5.74) is 1.86. The van der Waals surface area contributed by atoms with Crippen molar-refractivity contribution in [2.75, 3.05) is 0 Å². The van der Waals surface area contributed by atoms with Gasteiger partial charge in [-0.2, -0.15) is 0 Å². The summed E-state index contributed by atoms with van der Waals surface area (Å²) < 4.78 is 0. The largest absolute Gasteiger partial charge is 0.347 e. The normalized spacial score (nSPS) is 47.8. The second kappa shape index (κ2) is 6.96. The summed E-state index contributed by atoms with van der Waals surface area (Å²) >= 11 is 0. The number of hydrogen-bond donors (Lipinski definition) is 2. The van der Waals surface area contributed by atoms with Gasteiger partial charge in [0.05, 0.1) is 0 Å². The van der Waals surface area contributed by atoms with E-state index in [4.69, 9.17) is 0 Å². The van der Waals surface area contributed by atoms with Crippen molar-refractivity contribution in [3.63, 3.8) is 0 Å². The van der Waals surface area contributed by atoms with Crippen LogP contribution in [-0.2, 0) is 9.59 Å². The highest BCUT2D eigenvalue weighted by Gasteiger charge is 2.53. The molecule has 0 spiro atoms. The third kappa shape index (κ3) is 3.30. The standard InChI is InChI=1S/C28H38N2O2/c31-25(29-27-11-17-5-18(12-27)7-19(6-17)13-27)23-1-2-24(4-3-23)26(32)30-28-14-20-8-21(15-28)10-22(9-20)16-28/h1-2,17-22H,3-16H2,(H,29,31)(H,30,32). The van der Waals surface area contributed by atoms with E-state index in [1.807, 2.05) is 12.2 Å². The first-order valence-corrected chi connectivity index (χ1v) is 13.5. The first-order chi connectivity index (χ1) is 15.4. The zero-order valence-electron chi connectivity index (χ0n) is 19.3. The number of carbonyl (C=O) groups excluding carboxylic acids is 2. The van der Waals surface area contributed by atoms with Gasteiger partial charge >= 0.3 is 0 Å². The van der Waals surface area contributed by atoms with Gasteiger partial charge in [-0.05, 0) is 125 Å². The summed E-state index contributed by atoms with van der Waals surface area (Å²) in [6.45, 7) is 0. The Kier molecular flexibility index (Phi) is 4.32. The van der Waals surface area contributed by atoms with Crippen LogP contribution in [0, 0.1) is 35.5 Å². The summed E-state index contributed by atoms with van der Waals surface area (Å²) in [6.07, 6.45) is 20.7. The Balaban J connectivity index is 1.01. The molecule has 2 amide bonds. The maximum absolute atomic E-state index is 13.1. The summed E-state index contributed by atoms with van der Waals surface area (Å²) in [5, 5.41) is 7.01. The van der Waals surface area contributed by atoms with Gasteiger partial charge in [0.2, 0.25) is 11.8 Å². The Labute approximate surface area is 192 Å². The van der Waals surface area contributed by atoms with E-state index in [1.165, 1.54) is 77.0 Å². The highest BCUT2D eigenvalue weighted by Crippen LogP contribution is 2.56.